The van der Waals surface area contributed by atoms with Crippen LogP contribution in [-0.2, 0) is 0 Å². The van der Waals surface area contributed by atoms with E-state index in [2.05, 4.69) is 104 Å². The first-order valence-corrected chi connectivity index (χ1v) is 8.94. The van der Waals surface area contributed by atoms with Gasteiger partial charge in [0.05, 0.1) is 12.7 Å². The fraction of sp³-hybridized carbons (Fsp3) is 0.182. The zero-order valence-electron chi connectivity index (χ0n) is 14.1. The third kappa shape index (κ3) is 6.05. The standard InChI is InChI=1S/C19H16.C3H8O2S/c1-4-10-16(11-5-1)19(17-12-6-2-7-13-17)18-14-8-3-9-15-18;4-1-3(5)2-6/h1-15,19H;3-6H,1-2H2. The number of benzene rings is 3. The smallest absolute Gasteiger partial charge is 0.0858 e. The topological polar surface area (TPSA) is 40.5 Å². The predicted molar refractivity (Wildman–Crippen MR) is 107 cm³/mol. The predicted octanol–water partition coefficient (Wildman–Crippen LogP) is 4.14. The molecule has 0 aliphatic rings. The molecule has 0 aliphatic heterocycles. The highest BCUT2D eigenvalue weighted by atomic mass is 32.1. The third-order valence-corrected chi connectivity index (χ3v) is 4.24. The number of rotatable bonds is 5. The van der Waals surface area contributed by atoms with E-state index in [0.29, 0.717) is 11.7 Å². The minimum atomic E-state index is -0.645. The van der Waals surface area contributed by atoms with Crippen LogP contribution >= 0.6 is 12.6 Å². The van der Waals surface area contributed by atoms with Gasteiger partial charge in [-0.1, -0.05) is 91.0 Å². The number of hydrogen-bond acceptors (Lipinski definition) is 3. The molecule has 1 unspecified atom stereocenters. The average molecular weight is 352 g/mol. The number of aliphatic hydroxyl groups excluding tert-OH is 2. The SMILES string of the molecule is OCC(O)CS.c1ccc(C(c2ccccc2)c2ccccc2)cc1. The molecule has 0 spiro atoms. The van der Waals surface area contributed by atoms with Crippen LogP contribution in [0, 0.1) is 0 Å². The molecule has 2 N–H and O–H groups in total. The lowest BCUT2D eigenvalue weighted by atomic mass is 9.85. The Kier molecular flexibility index (Phi) is 8.26. The molecular weight excluding hydrogens is 328 g/mol. The molecule has 0 bridgehead atoms. The first-order chi connectivity index (χ1) is 12.3. The van der Waals surface area contributed by atoms with Crippen LogP contribution in [0.15, 0.2) is 91.0 Å². The third-order valence-electron chi connectivity index (χ3n) is 3.82. The van der Waals surface area contributed by atoms with Gasteiger partial charge in [-0.3, -0.25) is 0 Å². The van der Waals surface area contributed by atoms with Gasteiger partial charge in [-0.25, -0.2) is 0 Å². The van der Waals surface area contributed by atoms with E-state index in [-0.39, 0.29) is 6.61 Å². The molecule has 0 amide bonds. The fourth-order valence-electron chi connectivity index (χ4n) is 2.57. The van der Waals surface area contributed by atoms with Gasteiger partial charge >= 0.3 is 0 Å². The lowest BCUT2D eigenvalue weighted by Gasteiger charge is -2.18. The molecule has 0 aromatic heterocycles. The van der Waals surface area contributed by atoms with E-state index in [1.807, 2.05) is 0 Å². The van der Waals surface area contributed by atoms with Crippen LogP contribution in [-0.4, -0.2) is 28.7 Å². The summed E-state index contributed by atoms with van der Waals surface area (Å²) < 4.78 is 0. The Morgan fingerprint density at radius 2 is 0.960 bits per heavy atom. The summed E-state index contributed by atoms with van der Waals surface area (Å²) in [6, 6.07) is 32.0. The molecule has 2 nitrogen and oxygen atoms in total. The zero-order valence-corrected chi connectivity index (χ0v) is 15.0. The Morgan fingerprint density at radius 1 is 0.640 bits per heavy atom. The minimum absolute atomic E-state index is 0.191. The van der Waals surface area contributed by atoms with E-state index in [0.717, 1.165) is 0 Å². The summed E-state index contributed by atoms with van der Waals surface area (Å²) >= 11 is 3.69. The molecule has 25 heavy (non-hydrogen) atoms. The first kappa shape index (κ1) is 19.3. The van der Waals surface area contributed by atoms with Gasteiger partial charge in [0.25, 0.3) is 0 Å². The lowest BCUT2D eigenvalue weighted by Crippen LogP contribution is -2.12. The number of hydrogen-bond donors (Lipinski definition) is 3. The molecule has 0 fully saturated rings. The molecule has 3 aromatic rings. The van der Waals surface area contributed by atoms with Gasteiger partial charge in [-0.2, -0.15) is 12.6 Å². The van der Waals surface area contributed by atoms with Crippen molar-refractivity contribution < 1.29 is 10.2 Å². The maximum Gasteiger partial charge on any atom is 0.0858 e. The molecule has 0 saturated carbocycles. The summed E-state index contributed by atoms with van der Waals surface area (Å²) in [7, 11) is 0. The first-order valence-electron chi connectivity index (χ1n) is 8.31. The molecule has 0 heterocycles. The Balaban J connectivity index is 0.000000326. The van der Waals surface area contributed by atoms with Crippen molar-refractivity contribution in [1.29, 1.82) is 0 Å². The van der Waals surface area contributed by atoms with Crippen LogP contribution in [0.5, 0.6) is 0 Å². The van der Waals surface area contributed by atoms with E-state index in [4.69, 9.17) is 10.2 Å². The van der Waals surface area contributed by atoms with Crippen molar-refractivity contribution in [2.45, 2.75) is 12.0 Å². The van der Waals surface area contributed by atoms with E-state index in [1.54, 1.807) is 0 Å². The molecule has 3 rings (SSSR count). The van der Waals surface area contributed by atoms with Gasteiger partial charge in [0.2, 0.25) is 0 Å². The van der Waals surface area contributed by atoms with Gasteiger partial charge in [-0.15, -0.1) is 0 Å². The summed E-state index contributed by atoms with van der Waals surface area (Å²) in [5.41, 5.74) is 4.00. The molecule has 1 atom stereocenters. The van der Waals surface area contributed by atoms with Crippen molar-refractivity contribution in [2.75, 3.05) is 12.4 Å². The van der Waals surface area contributed by atoms with Crippen molar-refractivity contribution >= 4 is 12.6 Å². The molecule has 0 saturated heterocycles. The maximum absolute atomic E-state index is 8.34. The Hall–Kier alpha value is -2.07. The van der Waals surface area contributed by atoms with Crippen LogP contribution in [0.2, 0.25) is 0 Å². The highest BCUT2D eigenvalue weighted by Crippen LogP contribution is 2.31. The van der Waals surface area contributed by atoms with Crippen molar-refractivity contribution in [3.8, 4) is 0 Å². The van der Waals surface area contributed by atoms with Crippen molar-refractivity contribution in [3.05, 3.63) is 108 Å². The Morgan fingerprint density at radius 3 is 1.16 bits per heavy atom. The second-order valence-corrected chi connectivity index (χ2v) is 6.05. The van der Waals surface area contributed by atoms with Crippen molar-refractivity contribution in [2.24, 2.45) is 0 Å². The number of thiol groups is 1. The van der Waals surface area contributed by atoms with Gasteiger partial charge in [0.15, 0.2) is 0 Å². The molecule has 0 aliphatic carbocycles. The van der Waals surface area contributed by atoms with Crippen LogP contribution in [0.3, 0.4) is 0 Å². The van der Waals surface area contributed by atoms with Crippen LogP contribution < -0.4 is 0 Å². The summed E-state index contributed by atoms with van der Waals surface area (Å²) in [4.78, 5) is 0. The van der Waals surface area contributed by atoms with E-state index < -0.39 is 6.10 Å². The fourth-order valence-corrected chi connectivity index (χ4v) is 2.69. The van der Waals surface area contributed by atoms with E-state index in [1.165, 1.54) is 16.7 Å². The molecule has 3 aromatic carbocycles. The van der Waals surface area contributed by atoms with Gasteiger partial charge in [0.1, 0.15) is 0 Å². The Labute approximate surface area is 155 Å². The quantitative estimate of drug-likeness (QED) is 0.477. The highest BCUT2D eigenvalue weighted by Gasteiger charge is 2.15. The normalized spacial score (nSPS) is 11.5. The summed E-state index contributed by atoms with van der Waals surface area (Å²) in [5, 5.41) is 16.4. The Bertz CT molecular complexity index is 604. The summed E-state index contributed by atoms with van der Waals surface area (Å²) in [6.07, 6.45) is -0.645. The van der Waals surface area contributed by atoms with Crippen LogP contribution in [0.4, 0.5) is 0 Å². The van der Waals surface area contributed by atoms with E-state index >= 15 is 0 Å². The average Bonchev–Trinajstić information content (AvgIpc) is 2.70. The highest BCUT2D eigenvalue weighted by molar-refractivity contribution is 7.80. The largest absolute Gasteiger partial charge is 0.394 e. The molecular formula is C22H24O2S. The van der Waals surface area contributed by atoms with E-state index in [9.17, 15) is 0 Å². The zero-order chi connectivity index (χ0) is 17.9. The maximum atomic E-state index is 8.34. The lowest BCUT2D eigenvalue weighted by molar-refractivity contribution is 0.114. The van der Waals surface area contributed by atoms with Crippen LogP contribution in [0.25, 0.3) is 0 Å². The van der Waals surface area contributed by atoms with Crippen molar-refractivity contribution in [1.82, 2.24) is 0 Å². The molecule has 0 radical (unpaired) electrons. The minimum Gasteiger partial charge on any atom is -0.394 e. The van der Waals surface area contributed by atoms with Gasteiger partial charge in [-0.05, 0) is 16.7 Å². The van der Waals surface area contributed by atoms with Gasteiger partial charge in [0, 0.05) is 11.7 Å². The molecule has 130 valence electrons. The summed E-state index contributed by atoms with van der Waals surface area (Å²) in [5.74, 6) is 0.639. The number of aliphatic hydroxyl groups is 2. The van der Waals surface area contributed by atoms with Crippen LogP contribution in [0.1, 0.15) is 22.6 Å². The second kappa shape index (κ2) is 10.7. The monoisotopic (exact) mass is 352 g/mol. The second-order valence-electron chi connectivity index (χ2n) is 5.68. The summed E-state index contributed by atoms with van der Waals surface area (Å²) in [6.45, 7) is -0.191. The van der Waals surface area contributed by atoms with Gasteiger partial charge < -0.3 is 10.2 Å². The van der Waals surface area contributed by atoms with Crippen molar-refractivity contribution in [3.63, 3.8) is 0 Å². The molecule has 3 heteroatoms.